The van der Waals surface area contributed by atoms with Crippen LogP contribution in [0.4, 0.5) is 0 Å². The molecule has 0 bridgehead atoms. The van der Waals surface area contributed by atoms with Gasteiger partial charge in [0.2, 0.25) is 0 Å². The highest BCUT2D eigenvalue weighted by molar-refractivity contribution is 8.22. The molecule has 0 atom stereocenters. The van der Waals surface area contributed by atoms with Crippen molar-refractivity contribution >= 4 is 28.3 Å². The number of benzene rings is 2. The van der Waals surface area contributed by atoms with E-state index in [0.717, 1.165) is 23.4 Å². The molecule has 0 aromatic heterocycles. The van der Waals surface area contributed by atoms with Crippen molar-refractivity contribution in [3.05, 3.63) is 72.3 Å². The van der Waals surface area contributed by atoms with Crippen LogP contribution in [0.1, 0.15) is 5.56 Å². The van der Waals surface area contributed by atoms with E-state index in [-0.39, 0.29) is 0 Å². The van der Waals surface area contributed by atoms with Gasteiger partial charge >= 0.3 is 0 Å². The molecule has 0 unspecified atom stereocenters. The summed E-state index contributed by atoms with van der Waals surface area (Å²) in [4.78, 5) is 4.50. The largest absolute Gasteiger partial charge is 0.348 e. The molecule has 1 aliphatic heterocycles. The number of hydrogen-bond acceptors (Lipinski definition) is 3. The molecule has 110 valence electrons. The summed E-state index contributed by atoms with van der Waals surface area (Å²) >= 11 is 6.94. The number of thioether (sulfide) groups is 1. The average Bonchev–Trinajstić information content (AvgIpc) is 2.54. The smallest absolute Gasteiger partial charge is 0.138 e. The van der Waals surface area contributed by atoms with Crippen LogP contribution in [0.3, 0.4) is 0 Å². The molecule has 4 heteroatoms. The maximum Gasteiger partial charge on any atom is 0.138 e. The summed E-state index contributed by atoms with van der Waals surface area (Å²) in [5.74, 6) is 0.998. The van der Waals surface area contributed by atoms with Crippen molar-refractivity contribution in [3.8, 4) is 0 Å². The maximum atomic E-state index is 5.21. The topological polar surface area (TPSA) is 6.48 Å². The maximum absolute atomic E-state index is 5.21. The second kappa shape index (κ2) is 8.82. The van der Waals surface area contributed by atoms with Crippen LogP contribution in [0.5, 0.6) is 0 Å². The van der Waals surface area contributed by atoms with Crippen LogP contribution >= 0.6 is 24.0 Å². The Hall–Kier alpha value is -1.36. The van der Waals surface area contributed by atoms with E-state index in [2.05, 4.69) is 40.1 Å². The lowest BCUT2D eigenvalue weighted by Crippen LogP contribution is -2.41. The van der Waals surface area contributed by atoms with E-state index in [4.69, 9.17) is 12.2 Å². The second-order valence-corrected chi connectivity index (χ2v) is 6.43. The van der Waals surface area contributed by atoms with E-state index in [1.54, 1.807) is 11.8 Å². The molecule has 0 saturated carbocycles. The van der Waals surface area contributed by atoms with Crippen LogP contribution in [0.15, 0.2) is 66.7 Å². The Morgan fingerprint density at radius 2 is 1.48 bits per heavy atom. The monoisotopic (exact) mass is 316 g/mol. The quantitative estimate of drug-likeness (QED) is 0.771. The Morgan fingerprint density at radius 1 is 0.952 bits per heavy atom. The van der Waals surface area contributed by atoms with E-state index in [1.165, 1.54) is 5.56 Å². The minimum atomic E-state index is 0.931. The molecular weight excluding hydrogens is 296 g/mol. The van der Waals surface area contributed by atoms with E-state index < -0.39 is 0 Å². The van der Waals surface area contributed by atoms with Crippen LogP contribution in [0, 0.1) is 0 Å². The van der Waals surface area contributed by atoms with Crippen LogP contribution in [-0.2, 0) is 6.54 Å². The van der Waals surface area contributed by atoms with Gasteiger partial charge in [-0.3, -0.25) is 4.90 Å². The van der Waals surface area contributed by atoms with Crippen LogP contribution in [0.25, 0.3) is 0 Å². The van der Waals surface area contributed by atoms with Crippen molar-refractivity contribution in [1.29, 1.82) is 0 Å². The lowest BCUT2D eigenvalue weighted by atomic mass is 10.2. The average molecular weight is 316 g/mol. The minimum Gasteiger partial charge on any atom is -0.348 e. The van der Waals surface area contributed by atoms with Gasteiger partial charge in [0.25, 0.3) is 0 Å². The minimum absolute atomic E-state index is 0.931. The standard InChI is InChI=1S/C11H14N2S2.C6H6/c1-12-8-13(9-15-11(12)14)7-10-5-3-2-4-6-10;1-2-4-6-5-3-1/h2-6H,7-9H2,1H3;1-6H. The zero-order chi connectivity index (χ0) is 14.9. The predicted octanol–water partition coefficient (Wildman–Crippen LogP) is 4.05. The summed E-state index contributed by atoms with van der Waals surface area (Å²) in [5, 5.41) is 0. The summed E-state index contributed by atoms with van der Waals surface area (Å²) < 4.78 is 0.999. The van der Waals surface area contributed by atoms with E-state index in [0.29, 0.717) is 0 Å². The third kappa shape index (κ3) is 5.87. The molecule has 2 aromatic carbocycles. The predicted molar refractivity (Wildman–Crippen MR) is 96.1 cm³/mol. The van der Waals surface area contributed by atoms with Crippen LogP contribution in [0.2, 0.25) is 0 Å². The van der Waals surface area contributed by atoms with Gasteiger partial charge in [-0.15, -0.1) is 0 Å². The molecule has 0 aliphatic carbocycles. The van der Waals surface area contributed by atoms with Crippen LogP contribution in [-0.4, -0.2) is 33.7 Å². The Kier molecular flexibility index (Phi) is 6.73. The van der Waals surface area contributed by atoms with E-state index in [9.17, 15) is 0 Å². The highest BCUT2D eigenvalue weighted by Crippen LogP contribution is 2.18. The highest BCUT2D eigenvalue weighted by atomic mass is 32.2. The van der Waals surface area contributed by atoms with Gasteiger partial charge in [0.05, 0.1) is 12.5 Å². The number of thiocarbonyl (C=S) groups is 1. The Morgan fingerprint density at radius 3 is 2.00 bits per heavy atom. The summed E-state index contributed by atoms with van der Waals surface area (Å²) in [5.41, 5.74) is 1.36. The van der Waals surface area contributed by atoms with Crippen molar-refractivity contribution in [1.82, 2.24) is 9.80 Å². The van der Waals surface area contributed by atoms with Gasteiger partial charge in [0.15, 0.2) is 0 Å². The molecule has 2 nitrogen and oxygen atoms in total. The summed E-state index contributed by atoms with van der Waals surface area (Å²) in [6.45, 7) is 1.93. The zero-order valence-electron chi connectivity index (χ0n) is 12.2. The van der Waals surface area contributed by atoms with Gasteiger partial charge in [-0.2, -0.15) is 0 Å². The number of nitrogens with zero attached hydrogens (tertiary/aromatic N) is 2. The van der Waals surface area contributed by atoms with Gasteiger partial charge in [-0.1, -0.05) is 90.7 Å². The first-order valence-corrected chi connectivity index (χ1v) is 8.29. The first-order valence-electron chi connectivity index (χ1n) is 6.90. The highest BCUT2D eigenvalue weighted by Gasteiger charge is 2.18. The number of rotatable bonds is 2. The van der Waals surface area contributed by atoms with Gasteiger partial charge < -0.3 is 4.90 Å². The van der Waals surface area contributed by atoms with Crippen molar-refractivity contribution in [2.45, 2.75) is 6.54 Å². The Labute approximate surface area is 136 Å². The first-order chi connectivity index (χ1) is 10.3. The molecule has 1 saturated heterocycles. The summed E-state index contributed by atoms with van der Waals surface area (Å²) in [6.07, 6.45) is 0. The fraction of sp³-hybridized carbons (Fsp3) is 0.235. The molecule has 1 heterocycles. The SMILES string of the molecule is CN1CN(Cc2ccccc2)CSC1=S.c1ccccc1. The molecule has 21 heavy (non-hydrogen) atoms. The molecular formula is C17H20N2S2. The van der Waals surface area contributed by atoms with Crippen molar-refractivity contribution in [2.24, 2.45) is 0 Å². The van der Waals surface area contributed by atoms with Gasteiger partial charge in [0.1, 0.15) is 4.32 Å². The van der Waals surface area contributed by atoms with Gasteiger partial charge in [0, 0.05) is 13.6 Å². The zero-order valence-corrected chi connectivity index (χ0v) is 13.8. The van der Waals surface area contributed by atoms with Crippen molar-refractivity contribution in [3.63, 3.8) is 0 Å². The molecule has 3 rings (SSSR count). The fourth-order valence-corrected chi connectivity index (χ4v) is 2.94. The Bertz CT molecular complexity index is 504. The lowest BCUT2D eigenvalue weighted by Gasteiger charge is -2.34. The molecule has 0 N–H and O–H groups in total. The van der Waals surface area contributed by atoms with Gasteiger partial charge in [-0.05, 0) is 5.56 Å². The molecule has 2 aromatic rings. The molecule has 0 amide bonds. The molecule has 0 radical (unpaired) electrons. The summed E-state index contributed by atoms with van der Waals surface area (Å²) in [6, 6.07) is 22.5. The lowest BCUT2D eigenvalue weighted by molar-refractivity contribution is 0.226. The van der Waals surface area contributed by atoms with E-state index >= 15 is 0 Å². The number of hydrogen-bond donors (Lipinski definition) is 0. The summed E-state index contributed by atoms with van der Waals surface area (Å²) in [7, 11) is 2.05. The third-order valence-electron chi connectivity index (χ3n) is 3.01. The Balaban J connectivity index is 0.000000225. The molecule has 1 fully saturated rings. The fourth-order valence-electron chi connectivity index (χ4n) is 1.98. The van der Waals surface area contributed by atoms with Crippen molar-refractivity contribution in [2.75, 3.05) is 19.6 Å². The molecule has 0 spiro atoms. The van der Waals surface area contributed by atoms with Crippen molar-refractivity contribution < 1.29 is 0 Å². The van der Waals surface area contributed by atoms with E-state index in [1.807, 2.05) is 43.4 Å². The molecule has 1 aliphatic rings. The van der Waals surface area contributed by atoms with Crippen LogP contribution < -0.4 is 0 Å². The normalized spacial score (nSPS) is 15.3. The van der Waals surface area contributed by atoms with Gasteiger partial charge in [-0.25, -0.2) is 0 Å². The third-order valence-corrected chi connectivity index (χ3v) is 4.73. The second-order valence-electron chi connectivity index (χ2n) is 4.85. The first kappa shape index (κ1) is 16.0.